The number of rotatable bonds is 5. The highest BCUT2D eigenvalue weighted by Crippen LogP contribution is 2.27. The highest BCUT2D eigenvalue weighted by Gasteiger charge is 2.27. The first-order valence-corrected chi connectivity index (χ1v) is 8.74. The number of aryl methyl sites for hydroxylation is 1. The van der Waals surface area contributed by atoms with Crippen LogP contribution in [0.2, 0.25) is 0 Å². The number of carboxylic acid groups (broad SMARTS) is 1. The molecule has 0 saturated heterocycles. The Kier molecular flexibility index (Phi) is 5.79. The van der Waals surface area contributed by atoms with Gasteiger partial charge in [-0.25, -0.2) is 14.6 Å². The van der Waals surface area contributed by atoms with Crippen molar-refractivity contribution >= 4 is 28.5 Å². The van der Waals surface area contributed by atoms with Crippen molar-refractivity contribution in [2.24, 2.45) is 0 Å². The van der Waals surface area contributed by atoms with Crippen molar-refractivity contribution in [2.45, 2.75) is 39.7 Å². The molecular formula is C18H22N2O4S. The Hall–Kier alpha value is -2.41. The lowest BCUT2D eigenvalue weighted by Crippen LogP contribution is -2.38. The van der Waals surface area contributed by atoms with E-state index in [9.17, 15) is 14.7 Å². The Morgan fingerprint density at radius 2 is 1.88 bits per heavy atom. The molecule has 0 aliphatic heterocycles. The summed E-state index contributed by atoms with van der Waals surface area (Å²) >= 11 is 1.17. The predicted molar refractivity (Wildman–Crippen MR) is 97.5 cm³/mol. The number of carbonyl (C=O) groups is 2. The van der Waals surface area contributed by atoms with Crippen molar-refractivity contribution in [1.29, 1.82) is 0 Å². The van der Waals surface area contributed by atoms with E-state index in [4.69, 9.17) is 4.74 Å². The molecule has 1 aromatic heterocycles. The van der Waals surface area contributed by atoms with E-state index in [2.05, 4.69) is 4.98 Å². The quantitative estimate of drug-likeness (QED) is 0.865. The number of benzene rings is 1. The monoisotopic (exact) mass is 362 g/mol. The standard InChI is InChI=1S/C18H22N2O4S/c1-12-14(15(21)22)19-16(25-12)20(17(23)24-18(2,3)4)11-10-13-8-6-5-7-9-13/h5-9H,10-11H2,1-4H3,(H,21,22). The van der Waals surface area contributed by atoms with Gasteiger partial charge in [0.05, 0.1) is 0 Å². The van der Waals surface area contributed by atoms with Crippen molar-refractivity contribution in [3.8, 4) is 0 Å². The SMILES string of the molecule is Cc1sc(N(CCc2ccccc2)C(=O)OC(C)(C)C)nc1C(=O)O. The van der Waals surface area contributed by atoms with Crippen LogP contribution in [0.15, 0.2) is 30.3 Å². The summed E-state index contributed by atoms with van der Waals surface area (Å²) in [5.74, 6) is -1.10. The highest BCUT2D eigenvalue weighted by atomic mass is 32.1. The van der Waals surface area contributed by atoms with Crippen LogP contribution in [0.3, 0.4) is 0 Å². The number of hydrogen-bond donors (Lipinski definition) is 1. The Morgan fingerprint density at radius 1 is 1.24 bits per heavy atom. The van der Waals surface area contributed by atoms with Crippen molar-refractivity contribution in [3.63, 3.8) is 0 Å². The van der Waals surface area contributed by atoms with Crippen LogP contribution < -0.4 is 4.90 Å². The normalized spacial score (nSPS) is 11.2. The molecule has 1 N–H and O–H groups in total. The van der Waals surface area contributed by atoms with Gasteiger partial charge in [0.1, 0.15) is 5.60 Å². The lowest BCUT2D eigenvalue weighted by molar-refractivity contribution is 0.0578. The highest BCUT2D eigenvalue weighted by molar-refractivity contribution is 7.16. The van der Waals surface area contributed by atoms with Crippen LogP contribution in [-0.4, -0.2) is 34.3 Å². The molecule has 1 amide bonds. The fraction of sp³-hybridized carbons (Fsp3) is 0.389. The van der Waals surface area contributed by atoms with E-state index in [1.807, 2.05) is 30.3 Å². The van der Waals surface area contributed by atoms with Gasteiger partial charge in [-0.05, 0) is 39.7 Å². The number of hydrogen-bond acceptors (Lipinski definition) is 5. The minimum Gasteiger partial charge on any atom is -0.476 e. The fourth-order valence-corrected chi connectivity index (χ4v) is 3.08. The van der Waals surface area contributed by atoms with Crippen LogP contribution in [0, 0.1) is 6.92 Å². The third kappa shape index (κ3) is 5.29. The molecule has 134 valence electrons. The van der Waals surface area contributed by atoms with Crippen molar-refractivity contribution in [3.05, 3.63) is 46.5 Å². The van der Waals surface area contributed by atoms with Gasteiger partial charge in [0, 0.05) is 11.4 Å². The molecule has 0 bridgehead atoms. The van der Waals surface area contributed by atoms with Crippen LogP contribution in [0.1, 0.15) is 41.7 Å². The van der Waals surface area contributed by atoms with Gasteiger partial charge in [-0.1, -0.05) is 30.3 Å². The number of aromatic carboxylic acids is 1. The van der Waals surface area contributed by atoms with Crippen LogP contribution in [0.25, 0.3) is 0 Å². The molecule has 0 fully saturated rings. The van der Waals surface area contributed by atoms with Gasteiger partial charge in [0.25, 0.3) is 0 Å². The number of amides is 1. The summed E-state index contributed by atoms with van der Waals surface area (Å²) < 4.78 is 5.46. The second-order valence-electron chi connectivity index (χ2n) is 6.57. The molecule has 0 aliphatic carbocycles. The van der Waals surface area contributed by atoms with Crippen molar-refractivity contribution in [2.75, 3.05) is 11.4 Å². The smallest absolute Gasteiger partial charge is 0.416 e. The second-order valence-corrected chi connectivity index (χ2v) is 7.76. The Balaban J connectivity index is 2.26. The molecule has 1 heterocycles. The average Bonchev–Trinajstić information content (AvgIpc) is 2.88. The number of carboxylic acids is 1. The summed E-state index contributed by atoms with van der Waals surface area (Å²) in [6, 6.07) is 9.75. The maximum absolute atomic E-state index is 12.6. The van der Waals surface area contributed by atoms with Crippen molar-refractivity contribution < 1.29 is 19.4 Å². The topological polar surface area (TPSA) is 79.7 Å². The molecule has 0 aliphatic rings. The van der Waals surface area contributed by atoms with Crippen LogP contribution in [0.5, 0.6) is 0 Å². The number of anilines is 1. The molecule has 0 saturated carbocycles. The Bertz CT molecular complexity index is 750. The molecule has 2 aromatic rings. The number of aromatic nitrogens is 1. The van der Waals surface area contributed by atoms with Gasteiger partial charge in [-0.2, -0.15) is 0 Å². The summed E-state index contributed by atoms with van der Waals surface area (Å²) in [7, 11) is 0. The first kappa shape index (κ1) is 18.9. The number of nitrogens with zero attached hydrogens (tertiary/aromatic N) is 2. The van der Waals surface area contributed by atoms with Gasteiger partial charge in [-0.3, -0.25) is 4.90 Å². The lowest BCUT2D eigenvalue weighted by Gasteiger charge is -2.25. The minimum atomic E-state index is -1.10. The van der Waals surface area contributed by atoms with Gasteiger partial charge in [0.2, 0.25) is 0 Å². The fourth-order valence-electron chi connectivity index (χ4n) is 2.16. The zero-order valence-electron chi connectivity index (χ0n) is 14.8. The second kappa shape index (κ2) is 7.65. The van der Waals surface area contributed by atoms with E-state index in [0.717, 1.165) is 5.56 Å². The molecule has 2 rings (SSSR count). The average molecular weight is 362 g/mol. The molecule has 0 atom stereocenters. The van der Waals surface area contributed by atoms with Gasteiger partial charge in [0.15, 0.2) is 10.8 Å². The third-order valence-corrected chi connectivity index (χ3v) is 4.29. The van der Waals surface area contributed by atoms with E-state index in [1.54, 1.807) is 27.7 Å². The third-order valence-electron chi connectivity index (χ3n) is 3.30. The summed E-state index contributed by atoms with van der Waals surface area (Å²) in [6.07, 6.45) is 0.0790. The maximum Gasteiger partial charge on any atom is 0.416 e. The number of ether oxygens (including phenoxy) is 1. The molecule has 0 radical (unpaired) electrons. The summed E-state index contributed by atoms with van der Waals surface area (Å²) in [4.78, 5) is 29.9. The van der Waals surface area contributed by atoms with Gasteiger partial charge in [-0.15, -0.1) is 11.3 Å². The molecule has 7 heteroatoms. The van der Waals surface area contributed by atoms with E-state index in [-0.39, 0.29) is 5.69 Å². The zero-order valence-corrected chi connectivity index (χ0v) is 15.6. The molecular weight excluding hydrogens is 340 g/mol. The summed E-state index contributed by atoms with van der Waals surface area (Å²) in [5, 5.41) is 9.54. The van der Waals surface area contributed by atoms with Gasteiger partial charge >= 0.3 is 12.1 Å². The van der Waals surface area contributed by atoms with Gasteiger partial charge < -0.3 is 9.84 Å². The van der Waals surface area contributed by atoms with E-state index in [1.165, 1.54) is 16.2 Å². The molecule has 6 nitrogen and oxygen atoms in total. The molecule has 0 spiro atoms. The van der Waals surface area contributed by atoms with Crippen LogP contribution >= 0.6 is 11.3 Å². The predicted octanol–water partition coefficient (Wildman–Crippen LogP) is 4.13. The minimum absolute atomic E-state index is 0.0340. The first-order valence-electron chi connectivity index (χ1n) is 7.92. The number of thiazole rings is 1. The largest absolute Gasteiger partial charge is 0.476 e. The lowest BCUT2D eigenvalue weighted by atomic mass is 10.1. The van der Waals surface area contributed by atoms with Crippen molar-refractivity contribution in [1.82, 2.24) is 4.98 Å². The first-order chi connectivity index (χ1) is 11.7. The number of carbonyl (C=O) groups excluding carboxylic acids is 1. The Morgan fingerprint density at radius 3 is 2.40 bits per heavy atom. The maximum atomic E-state index is 12.6. The van der Waals surface area contributed by atoms with E-state index < -0.39 is 17.7 Å². The van der Waals surface area contributed by atoms with Crippen LogP contribution in [0.4, 0.5) is 9.93 Å². The summed E-state index contributed by atoms with van der Waals surface area (Å²) in [5.41, 5.74) is 0.389. The Labute approximate surface area is 151 Å². The zero-order chi connectivity index (χ0) is 18.6. The molecule has 1 aromatic carbocycles. The van der Waals surface area contributed by atoms with E-state index >= 15 is 0 Å². The van der Waals surface area contributed by atoms with Crippen LogP contribution in [-0.2, 0) is 11.2 Å². The van der Waals surface area contributed by atoms with E-state index in [0.29, 0.717) is 23.0 Å². The molecule has 0 unspecified atom stereocenters. The summed E-state index contributed by atoms with van der Waals surface area (Å²) in [6.45, 7) is 7.39. The molecule has 25 heavy (non-hydrogen) atoms.